The van der Waals surface area contributed by atoms with Gasteiger partial charge in [-0.25, -0.2) is 4.79 Å². The molecule has 0 aromatic heterocycles. The van der Waals surface area contributed by atoms with Gasteiger partial charge < -0.3 is 14.6 Å². The van der Waals surface area contributed by atoms with Crippen molar-refractivity contribution in [1.82, 2.24) is 0 Å². The minimum absolute atomic E-state index is 0.143. The summed E-state index contributed by atoms with van der Waals surface area (Å²) < 4.78 is 10.4. The molecule has 4 heteroatoms. The van der Waals surface area contributed by atoms with Crippen LogP contribution >= 0.6 is 0 Å². The predicted molar refractivity (Wildman–Crippen MR) is 65.8 cm³/mol. The number of allylic oxidation sites excluding steroid dienone is 1. The van der Waals surface area contributed by atoms with Gasteiger partial charge in [0, 0.05) is 0 Å². The van der Waals surface area contributed by atoms with Gasteiger partial charge >= 0.3 is 5.97 Å². The maximum atomic E-state index is 10.9. The van der Waals surface area contributed by atoms with Crippen LogP contribution in [-0.2, 0) is 0 Å². The molecule has 0 bridgehead atoms. The third-order valence-corrected chi connectivity index (χ3v) is 2.22. The maximum absolute atomic E-state index is 10.9. The van der Waals surface area contributed by atoms with Gasteiger partial charge in [0.1, 0.15) is 11.5 Å². The molecule has 17 heavy (non-hydrogen) atoms. The smallest absolute Gasteiger partial charge is 0.335 e. The number of aromatic carboxylic acids is 1. The lowest BCUT2D eigenvalue weighted by atomic mass is 10.1. The van der Waals surface area contributed by atoms with Crippen LogP contribution < -0.4 is 9.47 Å². The van der Waals surface area contributed by atoms with Gasteiger partial charge in [-0.05, 0) is 32.1 Å². The monoisotopic (exact) mass is 236 g/mol. The van der Waals surface area contributed by atoms with Crippen molar-refractivity contribution < 1.29 is 19.4 Å². The Morgan fingerprint density at radius 3 is 1.94 bits per heavy atom. The SMILES string of the molecule is COc1cc(C(=O)O)cc(OC)c1C=C(C)C. The van der Waals surface area contributed by atoms with Gasteiger partial charge in [0.05, 0.1) is 25.3 Å². The minimum Gasteiger partial charge on any atom is -0.496 e. The highest BCUT2D eigenvalue weighted by molar-refractivity contribution is 5.90. The van der Waals surface area contributed by atoms with E-state index in [0.717, 1.165) is 11.1 Å². The third kappa shape index (κ3) is 3.00. The van der Waals surface area contributed by atoms with E-state index in [1.807, 2.05) is 19.9 Å². The van der Waals surface area contributed by atoms with E-state index in [1.165, 1.54) is 26.4 Å². The summed E-state index contributed by atoms with van der Waals surface area (Å²) >= 11 is 0. The molecule has 0 atom stereocenters. The molecule has 0 amide bonds. The highest BCUT2D eigenvalue weighted by atomic mass is 16.5. The number of carboxylic acids is 1. The van der Waals surface area contributed by atoms with Crippen molar-refractivity contribution in [3.8, 4) is 11.5 Å². The summed E-state index contributed by atoms with van der Waals surface area (Å²) in [7, 11) is 3.01. The van der Waals surface area contributed by atoms with Crippen molar-refractivity contribution in [1.29, 1.82) is 0 Å². The van der Waals surface area contributed by atoms with Crippen LogP contribution in [0.4, 0.5) is 0 Å². The van der Waals surface area contributed by atoms with E-state index in [0.29, 0.717) is 11.5 Å². The number of carboxylic acid groups (broad SMARTS) is 1. The maximum Gasteiger partial charge on any atom is 0.335 e. The largest absolute Gasteiger partial charge is 0.496 e. The van der Waals surface area contributed by atoms with Crippen LogP contribution in [0.3, 0.4) is 0 Å². The van der Waals surface area contributed by atoms with Crippen molar-refractivity contribution in [2.75, 3.05) is 14.2 Å². The van der Waals surface area contributed by atoms with Gasteiger partial charge in [-0.15, -0.1) is 0 Å². The van der Waals surface area contributed by atoms with Crippen LogP contribution in [0.5, 0.6) is 11.5 Å². The van der Waals surface area contributed by atoms with Crippen molar-refractivity contribution >= 4 is 12.0 Å². The number of ether oxygens (including phenoxy) is 2. The average molecular weight is 236 g/mol. The fraction of sp³-hybridized carbons (Fsp3) is 0.308. The molecule has 0 radical (unpaired) electrons. The molecular formula is C13H16O4. The Morgan fingerprint density at radius 1 is 1.18 bits per heavy atom. The first-order valence-corrected chi connectivity index (χ1v) is 5.13. The molecule has 0 spiro atoms. The third-order valence-electron chi connectivity index (χ3n) is 2.22. The summed E-state index contributed by atoms with van der Waals surface area (Å²) in [5.74, 6) is -0.0312. The molecule has 1 aromatic rings. The van der Waals surface area contributed by atoms with Gasteiger partial charge in [0.15, 0.2) is 0 Å². The molecule has 0 saturated carbocycles. The summed E-state index contributed by atoms with van der Waals surface area (Å²) in [6.45, 7) is 3.90. The molecule has 0 aliphatic heterocycles. The summed E-state index contributed by atoms with van der Waals surface area (Å²) in [6.07, 6.45) is 1.89. The molecule has 0 aliphatic rings. The van der Waals surface area contributed by atoms with Gasteiger partial charge in [0.2, 0.25) is 0 Å². The molecule has 0 unspecified atom stereocenters. The second kappa shape index (κ2) is 5.39. The fourth-order valence-electron chi connectivity index (χ4n) is 1.49. The second-order valence-electron chi connectivity index (χ2n) is 3.82. The highest BCUT2D eigenvalue weighted by Gasteiger charge is 2.14. The Labute approximate surface area is 100 Å². The van der Waals surface area contributed by atoms with E-state index in [1.54, 1.807) is 0 Å². The number of hydrogen-bond acceptors (Lipinski definition) is 3. The molecule has 0 saturated heterocycles. The molecule has 4 nitrogen and oxygen atoms in total. The van der Waals surface area contributed by atoms with E-state index in [2.05, 4.69) is 0 Å². The fourth-order valence-corrected chi connectivity index (χ4v) is 1.49. The Kier molecular flexibility index (Phi) is 4.15. The molecule has 1 aromatic carbocycles. The van der Waals surface area contributed by atoms with Crippen LogP contribution in [0, 0.1) is 0 Å². The number of carbonyl (C=O) groups is 1. The molecule has 1 rings (SSSR count). The van der Waals surface area contributed by atoms with E-state index >= 15 is 0 Å². The van der Waals surface area contributed by atoms with E-state index < -0.39 is 5.97 Å². The predicted octanol–water partition coefficient (Wildman–Crippen LogP) is 2.83. The Hall–Kier alpha value is -1.97. The van der Waals surface area contributed by atoms with Gasteiger partial charge in [-0.1, -0.05) is 5.57 Å². The van der Waals surface area contributed by atoms with E-state index in [-0.39, 0.29) is 5.56 Å². The van der Waals surface area contributed by atoms with Crippen LogP contribution in [0.1, 0.15) is 29.8 Å². The van der Waals surface area contributed by atoms with E-state index in [4.69, 9.17) is 14.6 Å². The number of methoxy groups -OCH3 is 2. The molecule has 0 aliphatic carbocycles. The van der Waals surface area contributed by atoms with Gasteiger partial charge in [-0.2, -0.15) is 0 Å². The van der Waals surface area contributed by atoms with Crippen LogP contribution in [-0.4, -0.2) is 25.3 Å². The molecule has 0 fully saturated rings. The van der Waals surface area contributed by atoms with Crippen molar-refractivity contribution in [3.05, 3.63) is 28.8 Å². The number of benzene rings is 1. The molecular weight excluding hydrogens is 220 g/mol. The first-order chi connectivity index (χ1) is 7.99. The van der Waals surface area contributed by atoms with E-state index in [9.17, 15) is 4.79 Å². The molecule has 0 heterocycles. The first kappa shape index (κ1) is 13.1. The minimum atomic E-state index is -1.01. The Bertz CT molecular complexity index is 431. The summed E-state index contributed by atoms with van der Waals surface area (Å²) in [5, 5.41) is 8.97. The van der Waals surface area contributed by atoms with Gasteiger partial charge in [0.25, 0.3) is 0 Å². The lowest BCUT2D eigenvalue weighted by Crippen LogP contribution is -2.01. The zero-order valence-corrected chi connectivity index (χ0v) is 10.4. The lowest BCUT2D eigenvalue weighted by molar-refractivity contribution is 0.0696. The first-order valence-electron chi connectivity index (χ1n) is 5.13. The van der Waals surface area contributed by atoms with Crippen LogP contribution in [0.15, 0.2) is 17.7 Å². The summed E-state index contributed by atoms with van der Waals surface area (Å²) in [4.78, 5) is 10.9. The summed E-state index contributed by atoms with van der Waals surface area (Å²) in [6, 6.07) is 2.97. The van der Waals surface area contributed by atoms with Crippen LogP contribution in [0.2, 0.25) is 0 Å². The Balaban J connectivity index is 3.47. The molecule has 1 N–H and O–H groups in total. The van der Waals surface area contributed by atoms with Gasteiger partial charge in [-0.3, -0.25) is 0 Å². The quantitative estimate of drug-likeness (QED) is 0.873. The standard InChI is InChI=1S/C13H16O4/c1-8(2)5-10-11(16-3)6-9(13(14)15)7-12(10)17-4/h5-7H,1-4H3,(H,14,15). The lowest BCUT2D eigenvalue weighted by Gasteiger charge is -2.12. The van der Waals surface area contributed by atoms with Crippen LogP contribution in [0.25, 0.3) is 6.08 Å². The highest BCUT2D eigenvalue weighted by Crippen LogP contribution is 2.32. The zero-order valence-electron chi connectivity index (χ0n) is 10.4. The number of hydrogen-bond donors (Lipinski definition) is 1. The van der Waals surface area contributed by atoms with Crippen molar-refractivity contribution in [2.45, 2.75) is 13.8 Å². The molecule has 92 valence electrons. The average Bonchev–Trinajstić information content (AvgIpc) is 2.28. The topological polar surface area (TPSA) is 55.8 Å². The second-order valence-corrected chi connectivity index (χ2v) is 3.82. The van der Waals surface area contributed by atoms with Crippen molar-refractivity contribution in [2.24, 2.45) is 0 Å². The number of rotatable bonds is 4. The Morgan fingerprint density at radius 2 is 1.65 bits per heavy atom. The summed E-state index contributed by atoms with van der Waals surface area (Å²) in [5.41, 5.74) is 1.97. The van der Waals surface area contributed by atoms with Crippen molar-refractivity contribution in [3.63, 3.8) is 0 Å². The zero-order chi connectivity index (χ0) is 13.0. The normalized spacial score (nSPS) is 9.65.